The monoisotopic (exact) mass is 691 g/mol. The molecule has 0 bridgehead atoms. The zero-order valence-corrected chi connectivity index (χ0v) is 28.6. The summed E-state index contributed by atoms with van der Waals surface area (Å²) in [5.74, 6) is -0.813. The fraction of sp³-hybridized carbons (Fsp3) is 0.297. The summed E-state index contributed by atoms with van der Waals surface area (Å²) in [4.78, 5) is 30.3. The number of nitrogens with zero attached hydrogens (tertiary/aromatic N) is 2. The summed E-state index contributed by atoms with van der Waals surface area (Å²) in [6, 6.07) is 28.6. The summed E-state index contributed by atoms with van der Waals surface area (Å²) in [5.41, 5.74) is 2.72. The van der Waals surface area contributed by atoms with E-state index < -0.39 is 28.5 Å². The number of rotatable bonds is 12. The van der Waals surface area contributed by atoms with Gasteiger partial charge in [-0.05, 0) is 73.4 Å². The van der Waals surface area contributed by atoms with Crippen LogP contribution < -0.4 is 9.62 Å². The molecule has 5 rings (SSSR count). The van der Waals surface area contributed by atoms with Gasteiger partial charge in [-0.25, -0.2) is 8.42 Å². The van der Waals surface area contributed by atoms with E-state index in [4.69, 9.17) is 23.2 Å². The van der Waals surface area contributed by atoms with E-state index in [1.807, 2.05) is 43.3 Å². The van der Waals surface area contributed by atoms with Gasteiger partial charge in [0.25, 0.3) is 10.0 Å². The Kier molecular flexibility index (Phi) is 11.6. The molecule has 1 atom stereocenters. The largest absolute Gasteiger partial charge is 0.352 e. The maximum atomic E-state index is 14.6. The van der Waals surface area contributed by atoms with Gasteiger partial charge in [-0.3, -0.25) is 13.9 Å². The number of amides is 2. The van der Waals surface area contributed by atoms with E-state index in [2.05, 4.69) is 5.32 Å². The molecule has 47 heavy (non-hydrogen) atoms. The van der Waals surface area contributed by atoms with Crippen LogP contribution in [0.15, 0.2) is 108 Å². The second kappa shape index (κ2) is 15.8. The Labute approximate surface area is 287 Å². The number of aryl methyl sites for hydroxylation is 1. The molecule has 1 N–H and O–H groups in total. The third-order valence-electron chi connectivity index (χ3n) is 8.45. The highest BCUT2D eigenvalue weighted by Gasteiger charge is 2.35. The van der Waals surface area contributed by atoms with E-state index >= 15 is 0 Å². The van der Waals surface area contributed by atoms with Gasteiger partial charge < -0.3 is 10.2 Å². The van der Waals surface area contributed by atoms with Gasteiger partial charge in [0.15, 0.2) is 0 Å². The number of anilines is 1. The molecular weight excluding hydrogens is 653 g/mol. The number of hydrogen-bond donors (Lipinski definition) is 1. The smallest absolute Gasteiger partial charge is 0.264 e. The lowest BCUT2D eigenvalue weighted by molar-refractivity contribution is -0.140. The zero-order valence-electron chi connectivity index (χ0n) is 26.3. The van der Waals surface area contributed by atoms with Gasteiger partial charge in [-0.15, -0.1) is 0 Å². The Morgan fingerprint density at radius 1 is 0.809 bits per heavy atom. The number of halogens is 2. The van der Waals surface area contributed by atoms with Crippen molar-refractivity contribution in [1.29, 1.82) is 0 Å². The molecule has 0 saturated heterocycles. The number of nitrogens with one attached hydrogen (secondary N) is 1. The van der Waals surface area contributed by atoms with Crippen molar-refractivity contribution in [3.05, 3.63) is 130 Å². The van der Waals surface area contributed by atoms with E-state index in [9.17, 15) is 18.0 Å². The van der Waals surface area contributed by atoms with Gasteiger partial charge in [0.2, 0.25) is 11.8 Å². The van der Waals surface area contributed by atoms with Crippen LogP contribution in [0.4, 0.5) is 5.69 Å². The van der Waals surface area contributed by atoms with Gasteiger partial charge in [0.05, 0.1) is 10.6 Å². The van der Waals surface area contributed by atoms with Crippen molar-refractivity contribution in [2.24, 2.45) is 0 Å². The lowest BCUT2D eigenvalue weighted by Crippen LogP contribution is -2.55. The first-order valence-corrected chi connectivity index (χ1v) is 18.0. The van der Waals surface area contributed by atoms with Gasteiger partial charge in [0.1, 0.15) is 12.6 Å². The number of carbonyl (C=O) groups excluding carboxylic acids is 2. The van der Waals surface area contributed by atoms with Gasteiger partial charge >= 0.3 is 0 Å². The van der Waals surface area contributed by atoms with Crippen LogP contribution in [0.1, 0.15) is 48.8 Å². The second-order valence-electron chi connectivity index (χ2n) is 12.0. The first kappa shape index (κ1) is 34.5. The molecule has 1 unspecified atom stereocenters. The molecule has 7 nitrogen and oxygen atoms in total. The molecular formula is C37H39Cl2N3O4S. The SMILES string of the molecule is Cc1ccc(S(=O)(=O)N(CC(=O)N(Cc2cccc(Cl)c2)C(Cc2ccccc2)C(=O)NC2CCCCC2)c2cccc(Cl)c2)cc1. The minimum Gasteiger partial charge on any atom is -0.352 e. The first-order valence-electron chi connectivity index (χ1n) is 15.8. The van der Waals surface area contributed by atoms with Crippen LogP contribution in [0.5, 0.6) is 0 Å². The van der Waals surface area contributed by atoms with E-state index in [0.29, 0.717) is 15.6 Å². The van der Waals surface area contributed by atoms with Crippen LogP contribution in [-0.4, -0.2) is 43.8 Å². The molecule has 0 aliphatic heterocycles. The molecule has 1 aliphatic rings. The molecule has 1 aliphatic carbocycles. The van der Waals surface area contributed by atoms with Crippen molar-refractivity contribution in [2.45, 2.75) is 69.0 Å². The summed E-state index contributed by atoms with van der Waals surface area (Å²) >= 11 is 12.7. The summed E-state index contributed by atoms with van der Waals surface area (Å²) in [6.07, 6.45) is 5.20. The predicted octanol–water partition coefficient (Wildman–Crippen LogP) is 7.59. The Morgan fingerprint density at radius 2 is 1.45 bits per heavy atom. The highest BCUT2D eigenvalue weighted by molar-refractivity contribution is 7.92. The van der Waals surface area contributed by atoms with E-state index in [0.717, 1.165) is 47.5 Å². The predicted molar refractivity (Wildman–Crippen MR) is 188 cm³/mol. The first-order chi connectivity index (χ1) is 22.6. The quantitative estimate of drug-likeness (QED) is 0.166. The van der Waals surface area contributed by atoms with Crippen LogP contribution in [0.2, 0.25) is 10.0 Å². The number of sulfonamides is 1. The fourth-order valence-electron chi connectivity index (χ4n) is 5.93. The molecule has 246 valence electrons. The van der Waals surface area contributed by atoms with E-state index in [1.165, 1.54) is 23.1 Å². The molecule has 4 aromatic carbocycles. The normalized spacial score (nSPS) is 14.3. The van der Waals surface area contributed by atoms with Crippen molar-refractivity contribution < 1.29 is 18.0 Å². The lowest BCUT2D eigenvalue weighted by atomic mass is 9.94. The average Bonchev–Trinajstić information content (AvgIpc) is 3.06. The number of hydrogen-bond acceptors (Lipinski definition) is 4. The summed E-state index contributed by atoms with van der Waals surface area (Å²) in [7, 11) is -4.22. The summed E-state index contributed by atoms with van der Waals surface area (Å²) in [5, 5.41) is 4.03. The van der Waals surface area contributed by atoms with Crippen LogP contribution in [0, 0.1) is 6.92 Å². The molecule has 0 heterocycles. The van der Waals surface area contributed by atoms with Gasteiger partial charge in [-0.2, -0.15) is 0 Å². The van der Waals surface area contributed by atoms with Crippen molar-refractivity contribution in [3.8, 4) is 0 Å². The number of benzene rings is 4. The Morgan fingerprint density at radius 3 is 2.11 bits per heavy atom. The summed E-state index contributed by atoms with van der Waals surface area (Å²) < 4.78 is 29.4. The van der Waals surface area contributed by atoms with Gasteiger partial charge in [0, 0.05) is 29.1 Å². The standard InChI is InChI=1S/C37H39Cl2N3O4S/c1-27-18-20-34(21-19-27)47(45,46)42(33-17-9-14-31(39)24-33)26-36(43)41(25-29-12-8-13-30(38)22-29)35(23-28-10-4-2-5-11-28)37(44)40-32-15-6-3-7-16-32/h2,4-5,8-14,17-22,24,32,35H,3,6-7,15-16,23,25-26H2,1H3,(H,40,44). The third-order valence-corrected chi connectivity index (χ3v) is 10.7. The van der Waals surface area contributed by atoms with Crippen LogP contribution >= 0.6 is 23.2 Å². The Hall–Kier alpha value is -3.85. The maximum Gasteiger partial charge on any atom is 0.264 e. The highest BCUT2D eigenvalue weighted by atomic mass is 35.5. The molecule has 0 radical (unpaired) electrons. The molecule has 4 aromatic rings. The van der Waals surface area contributed by atoms with Crippen molar-refractivity contribution in [2.75, 3.05) is 10.8 Å². The Bertz CT molecular complexity index is 1780. The average molecular weight is 693 g/mol. The topological polar surface area (TPSA) is 86.8 Å². The molecule has 2 amide bonds. The molecule has 10 heteroatoms. The minimum atomic E-state index is -4.22. The second-order valence-corrected chi connectivity index (χ2v) is 14.7. The van der Waals surface area contributed by atoms with E-state index in [1.54, 1.807) is 48.5 Å². The van der Waals surface area contributed by atoms with Crippen molar-refractivity contribution >= 4 is 50.7 Å². The lowest BCUT2D eigenvalue weighted by Gasteiger charge is -2.35. The van der Waals surface area contributed by atoms with Crippen LogP contribution in [0.25, 0.3) is 0 Å². The van der Waals surface area contributed by atoms with E-state index in [-0.39, 0.29) is 35.5 Å². The highest BCUT2D eigenvalue weighted by Crippen LogP contribution is 2.28. The van der Waals surface area contributed by atoms with Crippen molar-refractivity contribution in [3.63, 3.8) is 0 Å². The minimum absolute atomic E-state index is 0.0162. The number of carbonyl (C=O) groups is 2. The summed E-state index contributed by atoms with van der Waals surface area (Å²) in [6.45, 7) is 1.36. The molecule has 1 fully saturated rings. The van der Waals surface area contributed by atoms with Crippen molar-refractivity contribution in [1.82, 2.24) is 10.2 Å². The van der Waals surface area contributed by atoms with Crippen LogP contribution in [0.3, 0.4) is 0 Å². The molecule has 1 saturated carbocycles. The molecule has 0 spiro atoms. The Balaban J connectivity index is 1.56. The molecule has 0 aromatic heterocycles. The maximum absolute atomic E-state index is 14.6. The zero-order chi connectivity index (χ0) is 33.4. The fourth-order valence-corrected chi connectivity index (χ4v) is 7.73. The van der Waals surface area contributed by atoms with Crippen LogP contribution in [-0.2, 0) is 32.6 Å². The van der Waals surface area contributed by atoms with Gasteiger partial charge in [-0.1, -0.05) is 109 Å². The third kappa shape index (κ3) is 9.15.